The highest BCUT2D eigenvalue weighted by molar-refractivity contribution is 5.90. The molecule has 0 atom stereocenters. The summed E-state index contributed by atoms with van der Waals surface area (Å²) in [6.45, 7) is 2.25. The Morgan fingerprint density at radius 1 is 1.00 bits per heavy atom. The van der Waals surface area contributed by atoms with Crippen LogP contribution in [0.5, 0.6) is 0 Å². The first-order valence-corrected chi connectivity index (χ1v) is 7.54. The maximum Gasteiger partial charge on any atom is 0.338 e. The molecule has 0 unspecified atom stereocenters. The molecule has 120 valence electrons. The number of hydrogen-bond acceptors (Lipinski definition) is 4. The van der Waals surface area contributed by atoms with Crippen molar-refractivity contribution in [3.63, 3.8) is 0 Å². The van der Waals surface area contributed by atoms with Crippen LogP contribution in [0.15, 0.2) is 65.1 Å². The maximum atomic E-state index is 12.1. The summed E-state index contributed by atoms with van der Waals surface area (Å²) in [5.41, 5.74) is 3.37. The van der Waals surface area contributed by atoms with Gasteiger partial charge in [-0.3, -0.25) is 4.79 Å². The molecule has 0 bridgehead atoms. The van der Waals surface area contributed by atoms with Gasteiger partial charge in [-0.05, 0) is 36.8 Å². The van der Waals surface area contributed by atoms with Crippen molar-refractivity contribution in [1.29, 1.82) is 0 Å². The van der Waals surface area contributed by atoms with Crippen molar-refractivity contribution in [3.05, 3.63) is 83.1 Å². The molecule has 2 aromatic carbocycles. The van der Waals surface area contributed by atoms with Gasteiger partial charge in [0.15, 0.2) is 12.0 Å². The number of aldehydes is 1. The highest BCUT2D eigenvalue weighted by atomic mass is 16.5. The van der Waals surface area contributed by atoms with E-state index in [1.807, 2.05) is 31.2 Å². The van der Waals surface area contributed by atoms with E-state index in [1.165, 1.54) is 0 Å². The Morgan fingerprint density at radius 2 is 1.71 bits per heavy atom. The monoisotopic (exact) mass is 320 g/mol. The van der Waals surface area contributed by atoms with Crippen molar-refractivity contribution >= 4 is 12.3 Å². The van der Waals surface area contributed by atoms with Crippen LogP contribution in [0.2, 0.25) is 0 Å². The van der Waals surface area contributed by atoms with Gasteiger partial charge in [0.25, 0.3) is 0 Å². The molecule has 0 radical (unpaired) electrons. The lowest BCUT2D eigenvalue weighted by atomic mass is 10.1. The van der Waals surface area contributed by atoms with Gasteiger partial charge < -0.3 is 9.15 Å². The molecule has 4 heteroatoms. The minimum Gasteiger partial charge on any atom is -0.457 e. The first-order valence-electron chi connectivity index (χ1n) is 7.54. The van der Waals surface area contributed by atoms with Crippen molar-refractivity contribution in [3.8, 4) is 11.3 Å². The highest BCUT2D eigenvalue weighted by Gasteiger charge is 2.09. The summed E-state index contributed by atoms with van der Waals surface area (Å²) >= 11 is 0. The summed E-state index contributed by atoms with van der Waals surface area (Å²) in [6.07, 6.45) is 0.653. The van der Waals surface area contributed by atoms with Crippen LogP contribution in [-0.2, 0) is 11.3 Å². The molecule has 0 aliphatic heterocycles. The van der Waals surface area contributed by atoms with Gasteiger partial charge >= 0.3 is 5.97 Å². The third kappa shape index (κ3) is 3.60. The zero-order chi connectivity index (χ0) is 16.9. The Kier molecular flexibility index (Phi) is 4.57. The molecule has 3 aromatic rings. The molecule has 1 aromatic heterocycles. The van der Waals surface area contributed by atoms with Crippen LogP contribution in [0.3, 0.4) is 0 Å². The lowest BCUT2D eigenvalue weighted by Crippen LogP contribution is -2.05. The molecule has 0 N–H and O–H groups in total. The molecule has 24 heavy (non-hydrogen) atoms. The maximum absolute atomic E-state index is 12.1. The van der Waals surface area contributed by atoms with Crippen LogP contribution in [0.1, 0.15) is 32.0 Å². The molecule has 4 nitrogen and oxygen atoms in total. The Balaban J connectivity index is 1.65. The number of benzene rings is 2. The summed E-state index contributed by atoms with van der Waals surface area (Å²) in [5, 5.41) is 0. The molecule has 0 spiro atoms. The van der Waals surface area contributed by atoms with Crippen LogP contribution in [-0.4, -0.2) is 12.3 Å². The fourth-order valence-corrected chi connectivity index (χ4v) is 2.26. The quantitative estimate of drug-likeness (QED) is 0.515. The van der Waals surface area contributed by atoms with Gasteiger partial charge in [0.05, 0.1) is 5.56 Å². The topological polar surface area (TPSA) is 56.5 Å². The molecule has 0 aliphatic carbocycles. The molecule has 0 fully saturated rings. The van der Waals surface area contributed by atoms with Gasteiger partial charge in [-0.15, -0.1) is 0 Å². The second kappa shape index (κ2) is 6.96. The fourth-order valence-electron chi connectivity index (χ4n) is 2.26. The largest absolute Gasteiger partial charge is 0.457 e. The Bertz CT molecular complexity index is 842. The third-order valence-electron chi connectivity index (χ3n) is 3.64. The zero-order valence-corrected chi connectivity index (χ0v) is 13.2. The van der Waals surface area contributed by atoms with Crippen LogP contribution >= 0.6 is 0 Å². The number of aryl methyl sites for hydroxylation is 1. The molecule has 0 saturated carbocycles. The lowest BCUT2D eigenvalue weighted by molar-refractivity contribution is 0.0472. The number of ether oxygens (including phenoxy) is 1. The number of furan rings is 1. The first kappa shape index (κ1) is 15.7. The zero-order valence-electron chi connectivity index (χ0n) is 13.2. The lowest BCUT2D eigenvalue weighted by Gasteiger charge is -2.06. The van der Waals surface area contributed by atoms with Crippen LogP contribution in [0.4, 0.5) is 0 Å². The van der Waals surface area contributed by atoms with Crippen molar-refractivity contribution in [2.75, 3.05) is 0 Å². The Morgan fingerprint density at radius 3 is 2.33 bits per heavy atom. The van der Waals surface area contributed by atoms with Crippen LogP contribution in [0.25, 0.3) is 11.3 Å². The van der Waals surface area contributed by atoms with Crippen molar-refractivity contribution in [1.82, 2.24) is 0 Å². The molecule has 3 rings (SSSR count). The number of carbonyl (C=O) groups excluding carboxylic acids is 2. The second-order valence-electron chi connectivity index (χ2n) is 5.46. The van der Waals surface area contributed by atoms with Crippen molar-refractivity contribution < 1.29 is 18.7 Å². The Hall–Kier alpha value is -3.14. The van der Waals surface area contributed by atoms with E-state index in [4.69, 9.17) is 9.15 Å². The molecular weight excluding hydrogens is 304 g/mol. The summed E-state index contributed by atoms with van der Waals surface area (Å²) in [4.78, 5) is 22.7. The Labute approximate surface area is 139 Å². The van der Waals surface area contributed by atoms with E-state index in [0.29, 0.717) is 17.6 Å². The van der Waals surface area contributed by atoms with E-state index >= 15 is 0 Å². The van der Waals surface area contributed by atoms with Gasteiger partial charge in [0.2, 0.25) is 0 Å². The van der Waals surface area contributed by atoms with Gasteiger partial charge in [-0.25, -0.2) is 4.79 Å². The summed E-state index contributed by atoms with van der Waals surface area (Å²) in [7, 11) is 0. The number of rotatable bonds is 5. The van der Waals surface area contributed by atoms with Gasteiger partial charge in [0.1, 0.15) is 12.4 Å². The molecule has 0 aliphatic rings. The van der Waals surface area contributed by atoms with Crippen LogP contribution < -0.4 is 0 Å². The smallest absolute Gasteiger partial charge is 0.338 e. The van der Waals surface area contributed by atoms with E-state index < -0.39 is 0 Å². The van der Waals surface area contributed by atoms with E-state index in [1.54, 1.807) is 36.4 Å². The average Bonchev–Trinajstić information content (AvgIpc) is 3.10. The SMILES string of the molecule is Cc1ccc(COC(=O)c2ccc(-c3ccc(C=O)o3)cc2)cc1. The van der Waals surface area contributed by atoms with Crippen molar-refractivity contribution in [2.45, 2.75) is 13.5 Å². The van der Waals surface area contributed by atoms with E-state index in [9.17, 15) is 9.59 Å². The van der Waals surface area contributed by atoms with E-state index in [2.05, 4.69) is 0 Å². The third-order valence-corrected chi connectivity index (χ3v) is 3.64. The van der Waals surface area contributed by atoms with Crippen molar-refractivity contribution in [2.24, 2.45) is 0 Å². The predicted molar refractivity (Wildman–Crippen MR) is 89.8 cm³/mol. The minimum absolute atomic E-state index is 0.238. The normalized spacial score (nSPS) is 10.4. The summed E-state index contributed by atoms with van der Waals surface area (Å²) in [5.74, 6) is 0.471. The molecule has 0 saturated heterocycles. The fraction of sp³-hybridized carbons (Fsp3) is 0.100. The van der Waals surface area contributed by atoms with E-state index in [0.717, 1.165) is 16.7 Å². The molecule has 0 amide bonds. The standard InChI is InChI=1S/C20H16O4/c1-14-2-4-15(5-3-14)13-23-20(22)17-8-6-16(7-9-17)19-11-10-18(12-21)24-19/h2-12H,13H2,1H3. The first-order chi connectivity index (χ1) is 11.7. The van der Waals surface area contributed by atoms with E-state index in [-0.39, 0.29) is 18.3 Å². The van der Waals surface area contributed by atoms with Gasteiger partial charge in [-0.2, -0.15) is 0 Å². The summed E-state index contributed by atoms with van der Waals surface area (Å²) < 4.78 is 10.7. The number of hydrogen-bond donors (Lipinski definition) is 0. The minimum atomic E-state index is -0.379. The average molecular weight is 320 g/mol. The predicted octanol–water partition coefficient (Wildman–Crippen LogP) is 4.42. The van der Waals surface area contributed by atoms with Crippen LogP contribution in [0, 0.1) is 6.92 Å². The van der Waals surface area contributed by atoms with Gasteiger partial charge in [0, 0.05) is 5.56 Å². The molecule has 1 heterocycles. The highest BCUT2D eigenvalue weighted by Crippen LogP contribution is 2.22. The number of carbonyl (C=O) groups is 2. The number of esters is 1. The molecular formula is C20H16O4. The second-order valence-corrected chi connectivity index (χ2v) is 5.46. The summed E-state index contributed by atoms with van der Waals surface area (Å²) in [6, 6.07) is 18.0. The van der Waals surface area contributed by atoms with Gasteiger partial charge in [-0.1, -0.05) is 42.0 Å².